The summed E-state index contributed by atoms with van der Waals surface area (Å²) in [6, 6.07) is 12.2. The quantitative estimate of drug-likeness (QED) is 0.461. The number of rotatable bonds is 8. The van der Waals surface area contributed by atoms with Crippen molar-refractivity contribution in [1.29, 1.82) is 0 Å². The lowest BCUT2D eigenvalue weighted by Crippen LogP contribution is -2.30. The molecule has 0 atom stereocenters. The zero-order valence-corrected chi connectivity index (χ0v) is 19.2. The molecule has 34 heavy (non-hydrogen) atoms. The van der Waals surface area contributed by atoms with Gasteiger partial charge in [0, 0.05) is 18.0 Å². The summed E-state index contributed by atoms with van der Waals surface area (Å²) in [6.45, 7) is 3.19. The molecule has 0 aliphatic heterocycles. The number of aromatic nitrogens is 3. The maximum Gasteiger partial charge on any atom is 0.416 e. The lowest BCUT2D eigenvalue weighted by atomic mass is 9.79. The van der Waals surface area contributed by atoms with Gasteiger partial charge in [-0.15, -0.1) is 5.10 Å². The number of ether oxygens (including phenoxy) is 1. The third kappa shape index (κ3) is 4.93. The Morgan fingerprint density at radius 2 is 1.74 bits per heavy atom. The Hall–Kier alpha value is -3.36. The smallest absolute Gasteiger partial charge is 0.416 e. The molecule has 1 heterocycles. The molecule has 2 aromatic carbocycles. The number of benzene rings is 2. The summed E-state index contributed by atoms with van der Waals surface area (Å²) in [4.78, 5) is 26.0. The van der Waals surface area contributed by atoms with Crippen molar-refractivity contribution in [3.05, 3.63) is 70.1 Å². The van der Waals surface area contributed by atoms with E-state index in [4.69, 9.17) is 4.74 Å². The van der Waals surface area contributed by atoms with Crippen LogP contribution in [0.4, 0.5) is 13.2 Å². The molecule has 1 aliphatic rings. The molecule has 0 N–H and O–H groups in total. The number of hydrogen-bond acceptors (Lipinski definition) is 4. The summed E-state index contributed by atoms with van der Waals surface area (Å²) < 4.78 is 47.3. The molecule has 6 nitrogen and oxygen atoms in total. The number of Topliss-reactive ketones (excluding diaryl/α,β-unsaturated/α-hetero) is 1. The summed E-state index contributed by atoms with van der Waals surface area (Å²) in [5, 5.41) is 4.44. The van der Waals surface area contributed by atoms with E-state index in [1.54, 1.807) is 43.7 Å². The van der Waals surface area contributed by atoms with Gasteiger partial charge in [0.15, 0.2) is 11.6 Å². The molecule has 0 saturated heterocycles. The molecule has 1 aromatic heterocycles. The van der Waals surface area contributed by atoms with Gasteiger partial charge in [-0.3, -0.25) is 9.36 Å². The normalized spacial score (nSPS) is 14.3. The number of methoxy groups -OCH3 is 1. The first kappa shape index (κ1) is 23.8. The van der Waals surface area contributed by atoms with E-state index in [9.17, 15) is 22.8 Å². The maximum absolute atomic E-state index is 13.1. The minimum atomic E-state index is -4.46. The van der Waals surface area contributed by atoms with Gasteiger partial charge in [-0.1, -0.05) is 32.0 Å². The van der Waals surface area contributed by atoms with E-state index in [1.165, 1.54) is 6.07 Å². The first-order valence-electron chi connectivity index (χ1n) is 11.0. The molecule has 180 valence electrons. The van der Waals surface area contributed by atoms with E-state index in [0.717, 1.165) is 35.2 Å². The van der Waals surface area contributed by atoms with Crippen LogP contribution < -0.4 is 10.4 Å². The van der Waals surface area contributed by atoms with Crippen LogP contribution in [0.1, 0.15) is 50.3 Å². The van der Waals surface area contributed by atoms with E-state index in [1.807, 2.05) is 12.1 Å². The standard InChI is InChI=1S/C25H26F3N3O3/c1-24(2,17-5-4-6-18(13-17)25(26,27)28)14-20(32)15-30-23(33)31(19-9-10-19)22(29-30)16-7-11-21(34-3)12-8-16/h4-8,11-13,19H,9-10,14-15H2,1-3H3. The highest BCUT2D eigenvalue weighted by atomic mass is 19.4. The van der Waals surface area contributed by atoms with Gasteiger partial charge in [0.25, 0.3) is 0 Å². The highest BCUT2D eigenvalue weighted by molar-refractivity contribution is 5.79. The Bertz CT molecular complexity index is 1250. The van der Waals surface area contributed by atoms with Crippen molar-refractivity contribution < 1.29 is 22.7 Å². The molecule has 0 radical (unpaired) electrons. The second-order valence-corrected chi connectivity index (χ2v) is 9.27. The molecular formula is C25H26F3N3O3. The third-order valence-corrected chi connectivity index (χ3v) is 6.07. The average Bonchev–Trinajstić information content (AvgIpc) is 3.57. The van der Waals surface area contributed by atoms with Crippen LogP contribution in [0.25, 0.3) is 11.4 Å². The fraction of sp³-hybridized carbons (Fsp3) is 0.400. The highest BCUT2D eigenvalue weighted by Gasteiger charge is 2.34. The molecule has 4 rings (SSSR count). The van der Waals surface area contributed by atoms with Gasteiger partial charge < -0.3 is 4.74 Å². The largest absolute Gasteiger partial charge is 0.497 e. The molecule has 0 unspecified atom stereocenters. The van der Waals surface area contributed by atoms with Crippen LogP contribution in [0, 0.1) is 0 Å². The molecular weight excluding hydrogens is 447 g/mol. The molecule has 0 bridgehead atoms. The van der Waals surface area contributed by atoms with Crippen LogP contribution >= 0.6 is 0 Å². The Labute approximate surface area is 195 Å². The van der Waals surface area contributed by atoms with Crippen LogP contribution in [-0.4, -0.2) is 27.2 Å². The van der Waals surface area contributed by atoms with Crippen molar-refractivity contribution in [3.63, 3.8) is 0 Å². The van der Waals surface area contributed by atoms with Crippen molar-refractivity contribution in [1.82, 2.24) is 14.3 Å². The fourth-order valence-electron chi connectivity index (χ4n) is 4.06. The monoisotopic (exact) mass is 473 g/mol. The van der Waals surface area contributed by atoms with Gasteiger partial charge in [0.05, 0.1) is 12.7 Å². The van der Waals surface area contributed by atoms with Crippen molar-refractivity contribution in [3.8, 4) is 17.1 Å². The second kappa shape index (κ2) is 8.77. The van der Waals surface area contributed by atoms with Gasteiger partial charge in [-0.05, 0) is 54.2 Å². The Balaban J connectivity index is 1.57. The van der Waals surface area contributed by atoms with Crippen LogP contribution in [0.3, 0.4) is 0 Å². The fourth-order valence-corrected chi connectivity index (χ4v) is 4.06. The van der Waals surface area contributed by atoms with Crippen LogP contribution in [-0.2, 0) is 22.9 Å². The zero-order chi connectivity index (χ0) is 24.7. The lowest BCUT2D eigenvalue weighted by Gasteiger charge is -2.25. The SMILES string of the molecule is COc1ccc(-c2nn(CC(=O)CC(C)(C)c3cccc(C(F)(F)F)c3)c(=O)n2C2CC2)cc1. The summed E-state index contributed by atoms with van der Waals surface area (Å²) in [6.07, 6.45) is -2.76. The maximum atomic E-state index is 13.1. The third-order valence-electron chi connectivity index (χ3n) is 6.07. The lowest BCUT2D eigenvalue weighted by molar-refractivity contribution is -0.137. The van der Waals surface area contributed by atoms with E-state index >= 15 is 0 Å². The number of nitrogens with zero attached hydrogens (tertiary/aromatic N) is 3. The van der Waals surface area contributed by atoms with Gasteiger partial charge >= 0.3 is 11.9 Å². The first-order chi connectivity index (χ1) is 16.0. The van der Waals surface area contributed by atoms with Crippen molar-refractivity contribution >= 4 is 5.78 Å². The van der Waals surface area contributed by atoms with Crippen LogP contribution in [0.5, 0.6) is 5.75 Å². The summed E-state index contributed by atoms with van der Waals surface area (Å²) in [7, 11) is 1.57. The van der Waals surface area contributed by atoms with Gasteiger partial charge in [0.2, 0.25) is 0 Å². The van der Waals surface area contributed by atoms with E-state index in [2.05, 4.69) is 5.10 Å². The molecule has 3 aromatic rings. The van der Waals surface area contributed by atoms with Crippen molar-refractivity contribution in [2.24, 2.45) is 0 Å². The topological polar surface area (TPSA) is 66.1 Å². The summed E-state index contributed by atoms with van der Waals surface area (Å²) in [5.41, 5.74) is -0.821. The van der Waals surface area contributed by atoms with Gasteiger partial charge in [-0.25, -0.2) is 9.48 Å². The molecule has 1 saturated carbocycles. The minimum Gasteiger partial charge on any atom is -0.497 e. The number of carbonyl (C=O) groups is 1. The second-order valence-electron chi connectivity index (χ2n) is 9.27. The predicted molar refractivity (Wildman–Crippen MR) is 121 cm³/mol. The van der Waals surface area contributed by atoms with Gasteiger partial charge in [-0.2, -0.15) is 13.2 Å². The number of halogens is 3. The molecule has 1 fully saturated rings. The highest BCUT2D eigenvalue weighted by Crippen LogP contribution is 2.37. The molecule has 0 amide bonds. The zero-order valence-electron chi connectivity index (χ0n) is 19.2. The average molecular weight is 473 g/mol. The number of carbonyl (C=O) groups excluding carboxylic acids is 1. The van der Waals surface area contributed by atoms with E-state index in [0.29, 0.717) is 17.1 Å². The predicted octanol–water partition coefficient (Wildman–Crippen LogP) is 5.01. The Kier molecular flexibility index (Phi) is 6.14. The Morgan fingerprint density at radius 1 is 1.09 bits per heavy atom. The molecule has 9 heteroatoms. The molecule has 0 spiro atoms. The van der Waals surface area contributed by atoms with Crippen molar-refractivity contribution in [2.75, 3.05) is 7.11 Å². The van der Waals surface area contributed by atoms with Gasteiger partial charge in [0.1, 0.15) is 12.3 Å². The number of alkyl halides is 3. The Morgan fingerprint density at radius 3 is 2.32 bits per heavy atom. The summed E-state index contributed by atoms with van der Waals surface area (Å²) >= 11 is 0. The number of ketones is 1. The van der Waals surface area contributed by atoms with Crippen LogP contribution in [0.15, 0.2) is 53.3 Å². The number of hydrogen-bond donors (Lipinski definition) is 0. The minimum absolute atomic E-state index is 0.0328. The summed E-state index contributed by atoms with van der Waals surface area (Å²) in [5.74, 6) is 0.877. The van der Waals surface area contributed by atoms with Crippen molar-refractivity contribution in [2.45, 2.75) is 57.3 Å². The van der Waals surface area contributed by atoms with E-state index < -0.39 is 17.2 Å². The van der Waals surface area contributed by atoms with E-state index in [-0.39, 0.29) is 30.5 Å². The first-order valence-corrected chi connectivity index (χ1v) is 11.0. The molecule has 1 aliphatic carbocycles. The van der Waals surface area contributed by atoms with Crippen LogP contribution in [0.2, 0.25) is 0 Å².